The van der Waals surface area contributed by atoms with Crippen LogP contribution in [0, 0.1) is 0 Å². The summed E-state index contributed by atoms with van der Waals surface area (Å²) in [5.41, 5.74) is 13.4. The third-order valence-corrected chi connectivity index (χ3v) is 7.55. The van der Waals surface area contributed by atoms with Gasteiger partial charge in [0.05, 0.1) is 5.69 Å². The summed E-state index contributed by atoms with van der Waals surface area (Å²) >= 11 is 0. The summed E-state index contributed by atoms with van der Waals surface area (Å²) in [6.45, 7) is 0. The van der Waals surface area contributed by atoms with E-state index >= 15 is 0 Å². The average Bonchev–Trinajstić information content (AvgIpc) is 3.38. The second-order valence-corrected chi connectivity index (χ2v) is 10.1. The molecule has 7 rings (SSSR count). The molecule has 0 saturated heterocycles. The summed E-state index contributed by atoms with van der Waals surface area (Å²) < 4.78 is 7.90. The largest absolute Gasteiger partial charge is 0.423 e. The summed E-state index contributed by atoms with van der Waals surface area (Å²) in [6, 6.07) is 37.0. The van der Waals surface area contributed by atoms with Crippen molar-refractivity contribution in [1.82, 2.24) is 19.6 Å². The Hall–Kier alpha value is -4.81. The minimum absolute atomic E-state index is 0.201. The van der Waals surface area contributed by atoms with Crippen molar-refractivity contribution < 1.29 is 4.74 Å². The van der Waals surface area contributed by atoms with Gasteiger partial charge in [-0.3, -0.25) is 0 Å². The van der Waals surface area contributed by atoms with Crippen molar-refractivity contribution >= 4 is 5.78 Å². The van der Waals surface area contributed by atoms with Crippen LogP contribution in [0.5, 0.6) is 11.8 Å². The van der Waals surface area contributed by atoms with Crippen molar-refractivity contribution in [3.8, 4) is 45.3 Å². The number of nitrogens with two attached hydrogens (primary N) is 1. The Morgan fingerprint density at radius 1 is 0.667 bits per heavy atom. The molecule has 2 aromatic heterocycles. The van der Waals surface area contributed by atoms with Gasteiger partial charge in [-0.2, -0.15) is 4.98 Å². The first-order chi connectivity index (χ1) is 19.2. The third-order valence-electron chi connectivity index (χ3n) is 7.55. The molecule has 6 heteroatoms. The number of para-hydroxylation sites is 1. The SMILES string of the molecule is NC1(c2ccc(-c3nc4nc(Oc5ccccc5-c5ccccc5)nn4cc3-c3ccccc3)cc2)CCC1. The monoisotopic (exact) mass is 509 g/mol. The van der Waals surface area contributed by atoms with Crippen molar-refractivity contribution in [2.75, 3.05) is 0 Å². The molecule has 0 spiro atoms. The molecule has 0 bridgehead atoms. The first-order valence-electron chi connectivity index (χ1n) is 13.2. The molecule has 0 atom stereocenters. The van der Waals surface area contributed by atoms with Gasteiger partial charge in [0.1, 0.15) is 5.75 Å². The fourth-order valence-corrected chi connectivity index (χ4v) is 5.21. The van der Waals surface area contributed by atoms with Crippen LogP contribution in [-0.2, 0) is 5.54 Å². The minimum Gasteiger partial charge on any atom is -0.423 e. The van der Waals surface area contributed by atoms with Crippen LogP contribution in [0.4, 0.5) is 0 Å². The molecule has 1 saturated carbocycles. The number of nitrogens with zero attached hydrogens (tertiary/aromatic N) is 4. The Balaban J connectivity index is 1.30. The lowest BCUT2D eigenvalue weighted by molar-refractivity contribution is 0.253. The zero-order chi connectivity index (χ0) is 26.2. The van der Waals surface area contributed by atoms with Gasteiger partial charge in [0, 0.05) is 28.4 Å². The van der Waals surface area contributed by atoms with Crippen LogP contribution in [-0.4, -0.2) is 19.6 Å². The standard InChI is InChI=1S/C33H27N5O/c34-33(20-9-21-33)26-18-16-25(17-19-26)30-28(24-12-5-2-6-13-24)22-38-31(35-30)36-32(37-38)39-29-15-8-7-14-27(29)23-10-3-1-4-11-23/h1-8,10-19,22H,9,20-21,34H2. The van der Waals surface area contributed by atoms with E-state index in [9.17, 15) is 0 Å². The maximum Gasteiger partial charge on any atom is 0.343 e. The minimum atomic E-state index is -0.201. The fourth-order valence-electron chi connectivity index (χ4n) is 5.21. The lowest BCUT2D eigenvalue weighted by atomic mass is 9.72. The zero-order valence-electron chi connectivity index (χ0n) is 21.4. The fraction of sp³-hybridized carbons (Fsp3) is 0.121. The first kappa shape index (κ1) is 23.3. The lowest BCUT2D eigenvalue weighted by Crippen LogP contribution is -2.43. The molecule has 2 N–H and O–H groups in total. The van der Waals surface area contributed by atoms with Gasteiger partial charge in [0.15, 0.2) is 0 Å². The molecule has 1 fully saturated rings. The predicted octanol–water partition coefficient (Wildman–Crippen LogP) is 7.26. The van der Waals surface area contributed by atoms with Crippen molar-refractivity contribution in [2.24, 2.45) is 5.73 Å². The van der Waals surface area contributed by atoms with Crippen LogP contribution in [0.25, 0.3) is 39.3 Å². The molecule has 0 amide bonds. The number of ether oxygens (including phenoxy) is 1. The molecule has 4 aromatic carbocycles. The second-order valence-electron chi connectivity index (χ2n) is 10.1. The molecule has 39 heavy (non-hydrogen) atoms. The Bertz CT molecular complexity index is 1760. The second kappa shape index (κ2) is 9.49. The molecular formula is C33H27N5O. The van der Waals surface area contributed by atoms with Crippen molar-refractivity contribution in [2.45, 2.75) is 24.8 Å². The molecule has 1 aliphatic carbocycles. The van der Waals surface area contributed by atoms with Gasteiger partial charge >= 0.3 is 6.01 Å². The van der Waals surface area contributed by atoms with E-state index < -0.39 is 0 Å². The van der Waals surface area contributed by atoms with Gasteiger partial charge < -0.3 is 10.5 Å². The zero-order valence-corrected chi connectivity index (χ0v) is 21.4. The maximum absolute atomic E-state index is 6.57. The highest BCUT2D eigenvalue weighted by atomic mass is 16.5. The molecule has 6 nitrogen and oxygen atoms in total. The van der Waals surface area contributed by atoms with Gasteiger partial charge in [-0.1, -0.05) is 103 Å². The Morgan fingerprint density at radius 2 is 1.31 bits per heavy atom. The van der Waals surface area contributed by atoms with Crippen molar-refractivity contribution in [1.29, 1.82) is 0 Å². The third kappa shape index (κ3) is 4.35. The maximum atomic E-state index is 6.57. The van der Waals surface area contributed by atoms with Crippen LogP contribution in [0.3, 0.4) is 0 Å². The quantitative estimate of drug-likeness (QED) is 0.256. The molecule has 0 radical (unpaired) electrons. The number of benzene rings is 4. The highest BCUT2D eigenvalue weighted by Gasteiger charge is 2.34. The smallest absolute Gasteiger partial charge is 0.343 e. The topological polar surface area (TPSA) is 78.3 Å². The van der Waals surface area contributed by atoms with E-state index in [0.29, 0.717) is 11.5 Å². The number of aromatic nitrogens is 4. The summed E-state index contributed by atoms with van der Waals surface area (Å²) in [5.74, 6) is 1.15. The van der Waals surface area contributed by atoms with Gasteiger partial charge in [-0.25, -0.2) is 9.50 Å². The molecule has 190 valence electrons. The average molecular weight is 510 g/mol. The predicted molar refractivity (Wildman–Crippen MR) is 153 cm³/mol. The summed E-state index contributed by atoms with van der Waals surface area (Å²) in [5, 5.41) is 4.63. The van der Waals surface area contributed by atoms with Gasteiger partial charge in [-0.15, -0.1) is 5.10 Å². The first-order valence-corrected chi connectivity index (χ1v) is 13.2. The summed E-state index contributed by atoms with van der Waals surface area (Å²) in [6.07, 6.45) is 5.21. The van der Waals surface area contributed by atoms with E-state index in [1.165, 1.54) is 12.0 Å². The lowest BCUT2D eigenvalue weighted by Gasteiger charge is -2.38. The van der Waals surface area contributed by atoms with Crippen LogP contribution < -0.4 is 10.5 Å². The molecular weight excluding hydrogens is 482 g/mol. The number of fused-ring (bicyclic) bond motifs is 1. The van der Waals surface area contributed by atoms with Crippen molar-refractivity contribution in [3.63, 3.8) is 0 Å². The molecule has 2 heterocycles. The number of hydrogen-bond donors (Lipinski definition) is 1. The van der Waals surface area contributed by atoms with E-state index in [1.54, 1.807) is 4.52 Å². The molecule has 0 unspecified atom stereocenters. The van der Waals surface area contributed by atoms with E-state index in [4.69, 9.17) is 15.5 Å². The van der Waals surface area contributed by atoms with E-state index in [0.717, 1.165) is 46.4 Å². The van der Waals surface area contributed by atoms with Crippen LogP contribution in [0.2, 0.25) is 0 Å². The Kier molecular flexibility index (Phi) is 5.68. The van der Waals surface area contributed by atoms with Gasteiger partial charge in [0.2, 0.25) is 0 Å². The summed E-state index contributed by atoms with van der Waals surface area (Å²) in [7, 11) is 0. The number of hydrogen-bond acceptors (Lipinski definition) is 5. The van der Waals surface area contributed by atoms with Crippen LogP contribution in [0.15, 0.2) is 115 Å². The van der Waals surface area contributed by atoms with E-state index in [-0.39, 0.29) is 11.5 Å². The van der Waals surface area contributed by atoms with Crippen LogP contribution >= 0.6 is 0 Å². The number of rotatable bonds is 6. The Labute approximate surface area is 226 Å². The molecule has 6 aromatic rings. The highest BCUT2D eigenvalue weighted by Crippen LogP contribution is 2.40. The summed E-state index contributed by atoms with van der Waals surface area (Å²) in [4.78, 5) is 9.61. The van der Waals surface area contributed by atoms with Crippen molar-refractivity contribution in [3.05, 3.63) is 121 Å². The highest BCUT2D eigenvalue weighted by molar-refractivity contribution is 5.81. The normalized spacial score (nSPS) is 14.2. The van der Waals surface area contributed by atoms with Crippen LogP contribution in [0.1, 0.15) is 24.8 Å². The molecule has 1 aliphatic rings. The van der Waals surface area contributed by atoms with Gasteiger partial charge in [-0.05, 0) is 42.0 Å². The molecule has 0 aliphatic heterocycles. The van der Waals surface area contributed by atoms with E-state index in [2.05, 4.69) is 58.6 Å². The van der Waals surface area contributed by atoms with Gasteiger partial charge in [0.25, 0.3) is 5.78 Å². The Morgan fingerprint density at radius 3 is 1.97 bits per heavy atom. The van der Waals surface area contributed by atoms with E-state index in [1.807, 2.05) is 66.9 Å².